The van der Waals surface area contributed by atoms with Gasteiger partial charge in [0.1, 0.15) is 0 Å². The number of anilines is 2. The van der Waals surface area contributed by atoms with Crippen LogP contribution in [-0.4, -0.2) is 22.2 Å². The second-order valence-corrected chi connectivity index (χ2v) is 6.93. The minimum atomic E-state index is -1.11. The van der Waals surface area contributed by atoms with E-state index in [2.05, 4.69) is 10.6 Å². The highest BCUT2D eigenvalue weighted by Crippen LogP contribution is 2.29. The van der Waals surface area contributed by atoms with Gasteiger partial charge in [0.2, 0.25) is 5.91 Å². The molecule has 30 heavy (non-hydrogen) atoms. The van der Waals surface area contributed by atoms with Gasteiger partial charge in [-0.1, -0.05) is 48.5 Å². The molecule has 3 aromatic rings. The smallest absolute Gasteiger partial charge is 0.409 e. The molecule has 0 aliphatic heterocycles. The molecule has 3 aromatic carbocycles. The maximum Gasteiger partial charge on any atom is 0.409 e. The van der Waals surface area contributed by atoms with Crippen molar-refractivity contribution in [2.75, 3.05) is 10.6 Å². The van der Waals surface area contributed by atoms with Crippen molar-refractivity contribution in [1.82, 2.24) is 0 Å². The van der Waals surface area contributed by atoms with Gasteiger partial charge in [0, 0.05) is 17.7 Å². The van der Waals surface area contributed by atoms with Gasteiger partial charge in [0.05, 0.1) is 12.3 Å². The topological polar surface area (TPSA) is 98.7 Å². The van der Waals surface area contributed by atoms with E-state index in [4.69, 9.17) is 10.2 Å². The fourth-order valence-electron chi connectivity index (χ4n) is 3.20. The molecule has 0 bridgehead atoms. The summed E-state index contributed by atoms with van der Waals surface area (Å²) < 4.78 is 0. The van der Waals surface area contributed by atoms with Crippen molar-refractivity contribution < 1.29 is 19.8 Å². The summed E-state index contributed by atoms with van der Waals surface area (Å²) >= 11 is 0. The third kappa shape index (κ3) is 5.93. The molecule has 0 atom stereocenters. The second kappa shape index (κ2) is 10.2. The van der Waals surface area contributed by atoms with Crippen molar-refractivity contribution in [3.63, 3.8) is 0 Å². The lowest BCUT2D eigenvalue weighted by atomic mass is 9.98. The first-order valence-corrected chi connectivity index (χ1v) is 9.73. The van der Waals surface area contributed by atoms with E-state index in [-0.39, 0.29) is 12.5 Å². The molecule has 6 heteroatoms. The number of aliphatic hydroxyl groups excluding tert-OH is 1. The van der Waals surface area contributed by atoms with Crippen LogP contribution in [0, 0.1) is 0 Å². The minimum Gasteiger partial charge on any atom is -0.465 e. The van der Waals surface area contributed by atoms with Gasteiger partial charge in [0.25, 0.3) is 0 Å². The molecule has 3 rings (SSSR count). The highest BCUT2D eigenvalue weighted by Gasteiger charge is 2.10. The maximum atomic E-state index is 12.2. The van der Waals surface area contributed by atoms with Gasteiger partial charge in [0.15, 0.2) is 0 Å². The maximum absolute atomic E-state index is 12.2. The molecule has 0 heterocycles. The van der Waals surface area contributed by atoms with Crippen molar-refractivity contribution in [2.45, 2.75) is 25.9 Å². The lowest BCUT2D eigenvalue weighted by Gasteiger charge is -2.12. The van der Waals surface area contributed by atoms with E-state index >= 15 is 0 Å². The molecule has 0 aliphatic rings. The van der Waals surface area contributed by atoms with Crippen molar-refractivity contribution >= 4 is 23.4 Å². The Balaban J connectivity index is 1.62. The minimum absolute atomic E-state index is 0.0278. The molecule has 154 valence electrons. The van der Waals surface area contributed by atoms with E-state index in [1.807, 2.05) is 42.5 Å². The Morgan fingerprint density at radius 3 is 2.20 bits per heavy atom. The average molecular weight is 404 g/mol. The number of aryl methyl sites for hydroxylation is 1. The summed E-state index contributed by atoms with van der Waals surface area (Å²) in [7, 11) is 0. The largest absolute Gasteiger partial charge is 0.465 e. The highest BCUT2D eigenvalue weighted by molar-refractivity contribution is 5.91. The molecule has 0 saturated heterocycles. The molecule has 2 amide bonds. The van der Waals surface area contributed by atoms with Crippen molar-refractivity contribution in [1.29, 1.82) is 0 Å². The zero-order valence-corrected chi connectivity index (χ0v) is 16.5. The van der Waals surface area contributed by atoms with Gasteiger partial charge in [-0.15, -0.1) is 0 Å². The van der Waals surface area contributed by atoms with Crippen LogP contribution in [0.4, 0.5) is 16.2 Å². The molecule has 4 N–H and O–H groups in total. The van der Waals surface area contributed by atoms with Crippen LogP contribution in [-0.2, 0) is 17.8 Å². The van der Waals surface area contributed by atoms with Gasteiger partial charge in [-0.3, -0.25) is 10.1 Å². The highest BCUT2D eigenvalue weighted by atomic mass is 16.4. The number of hydrogen-bond donors (Lipinski definition) is 4. The number of nitrogens with one attached hydrogen (secondary N) is 2. The Hall–Kier alpha value is -3.64. The van der Waals surface area contributed by atoms with Crippen molar-refractivity contribution in [3.8, 4) is 11.1 Å². The van der Waals surface area contributed by atoms with E-state index in [0.717, 1.165) is 22.3 Å². The van der Waals surface area contributed by atoms with E-state index in [1.165, 1.54) is 0 Å². The van der Waals surface area contributed by atoms with Crippen molar-refractivity contribution in [2.24, 2.45) is 0 Å². The number of rotatable bonds is 8. The summed E-state index contributed by atoms with van der Waals surface area (Å²) in [6, 6.07) is 22.3. The fraction of sp³-hybridized carbons (Fsp3) is 0.167. The Kier molecular flexibility index (Phi) is 7.19. The third-order valence-corrected chi connectivity index (χ3v) is 4.70. The molecular weight excluding hydrogens is 380 g/mol. The molecule has 6 nitrogen and oxygen atoms in total. The van der Waals surface area contributed by atoms with Gasteiger partial charge in [-0.25, -0.2) is 4.79 Å². The molecule has 0 aromatic heterocycles. The van der Waals surface area contributed by atoms with Gasteiger partial charge in [-0.05, 0) is 53.8 Å². The Bertz CT molecular complexity index is 1000. The van der Waals surface area contributed by atoms with Crippen LogP contribution in [0.1, 0.15) is 24.0 Å². The summed E-state index contributed by atoms with van der Waals surface area (Å²) in [6.07, 6.45) is 0.630. The summed E-state index contributed by atoms with van der Waals surface area (Å²) in [5.74, 6) is -0.0702. The number of hydrogen-bond acceptors (Lipinski definition) is 3. The Morgan fingerprint density at radius 2 is 1.53 bits per heavy atom. The van der Waals surface area contributed by atoms with Crippen LogP contribution >= 0.6 is 0 Å². The first kappa shape index (κ1) is 21.1. The van der Waals surface area contributed by atoms with Crippen molar-refractivity contribution in [3.05, 3.63) is 83.9 Å². The van der Waals surface area contributed by atoms with Crippen LogP contribution in [0.15, 0.2) is 72.8 Å². The normalized spacial score (nSPS) is 10.4. The predicted octanol–water partition coefficient (Wildman–Crippen LogP) is 4.90. The molecule has 0 fully saturated rings. The number of benzene rings is 3. The first-order valence-electron chi connectivity index (χ1n) is 9.73. The number of carbonyl (C=O) groups is 2. The molecule has 0 saturated carbocycles. The number of aliphatic hydroxyl groups is 1. The average Bonchev–Trinajstić information content (AvgIpc) is 2.75. The Morgan fingerprint density at radius 1 is 0.833 bits per heavy atom. The zero-order valence-electron chi connectivity index (χ0n) is 16.5. The van der Waals surface area contributed by atoms with Crippen LogP contribution < -0.4 is 10.6 Å². The summed E-state index contributed by atoms with van der Waals surface area (Å²) in [5.41, 5.74) is 4.79. The monoisotopic (exact) mass is 404 g/mol. The molecule has 0 radical (unpaired) electrons. The standard InChI is InChI=1S/C24H24N2O4/c27-16-18-9-12-20(13-10-18)25-23(28)8-4-5-17-11-14-22(26-24(29)30)21(15-17)19-6-2-1-3-7-19/h1-3,6-7,9-15,26-27H,4-5,8,16H2,(H,25,28)(H,29,30). The van der Waals surface area contributed by atoms with Crippen LogP contribution in [0.3, 0.4) is 0 Å². The second-order valence-electron chi connectivity index (χ2n) is 6.93. The Labute approximate surface area is 175 Å². The van der Waals surface area contributed by atoms with E-state index in [0.29, 0.717) is 30.6 Å². The van der Waals surface area contributed by atoms with E-state index in [1.54, 1.807) is 30.3 Å². The zero-order chi connectivity index (χ0) is 21.3. The van der Waals surface area contributed by atoms with E-state index in [9.17, 15) is 9.59 Å². The molecular formula is C24H24N2O4. The summed E-state index contributed by atoms with van der Waals surface area (Å²) in [4.78, 5) is 23.3. The first-order chi connectivity index (χ1) is 14.5. The lowest BCUT2D eigenvalue weighted by molar-refractivity contribution is -0.116. The van der Waals surface area contributed by atoms with Gasteiger partial charge >= 0.3 is 6.09 Å². The van der Waals surface area contributed by atoms with Crippen LogP contribution in [0.2, 0.25) is 0 Å². The predicted molar refractivity (Wildman–Crippen MR) is 117 cm³/mol. The quantitative estimate of drug-likeness (QED) is 0.429. The summed E-state index contributed by atoms with van der Waals surface area (Å²) in [5, 5.41) is 23.5. The summed E-state index contributed by atoms with van der Waals surface area (Å²) in [6.45, 7) is -0.0278. The van der Waals surface area contributed by atoms with Crippen LogP contribution in [0.25, 0.3) is 11.1 Å². The third-order valence-electron chi connectivity index (χ3n) is 4.70. The van der Waals surface area contributed by atoms with Gasteiger partial charge in [-0.2, -0.15) is 0 Å². The molecule has 0 spiro atoms. The lowest BCUT2D eigenvalue weighted by Crippen LogP contribution is -2.11. The number of amides is 2. The van der Waals surface area contributed by atoms with E-state index < -0.39 is 6.09 Å². The molecule has 0 aliphatic carbocycles. The SMILES string of the molecule is O=C(O)Nc1ccc(CCCC(=O)Nc2ccc(CO)cc2)cc1-c1ccccc1. The molecule has 0 unspecified atom stereocenters. The number of carboxylic acid groups (broad SMARTS) is 1. The van der Waals surface area contributed by atoms with Crippen LogP contribution in [0.5, 0.6) is 0 Å². The fourth-order valence-corrected chi connectivity index (χ4v) is 3.20. The van der Waals surface area contributed by atoms with Gasteiger partial charge < -0.3 is 15.5 Å². The number of carbonyl (C=O) groups excluding carboxylic acids is 1.